The number of hydrogen-bond acceptors (Lipinski definition) is 5. The van der Waals surface area contributed by atoms with Gasteiger partial charge < -0.3 is 5.73 Å². The van der Waals surface area contributed by atoms with Crippen molar-refractivity contribution in [2.75, 3.05) is 10.5 Å². The lowest BCUT2D eigenvalue weighted by Gasteiger charge is -2.11. The first-order chi connectivity index (χ1) is 11.8. The van der Waals surface area contributed by atoms with Crippen molar-refractivity contribution in [2.45, 2.75) is 4.90 Å². The van der Waals surface area contributed by atoms with Crippen molar-refractivity contribution in [1.29, 1.82) is 0 Å². The molecule has 9 heteroatoms. The number of rotatable bonds is 4. The summed E-state index contributed by atoms with van der Waals surface area (Å²) in [5.41, 5.74) is 6.95. The Morgan fingerprint density at radius 1 is 1.00 bits per heavy atom. The van der Waals surface area contributed by atoms with Gasteiger partial charge in [-0.25, -0.2) is 22.8 Å². The fraction of sp³-hybridized carbons (Fsp3) is 0. The zero-order valence-corrected chi connectivity index (χ0v) is 14.2. The predicted molar refractivity (Wildman–Crippen MR) is 94.1 cm³/mol. The second-order valence-electron chi connectivity index (χ2n) is 5.09. The van der Waals surface area contributed by atoms with Crippen LogP contribution in [0.15, 0.2) is 59.8 Å². The molecule has 2 heterocycles. The summed E-state index contributed by atoms with van der Waals surface area (Å²) in [6, 6.07) is 9.32. The molecular weight excluding hydrogens is 367 g/mol. The van der Waals surface area contributed by atoms with Crippen molar-refractivity contribution in [3.05, 3.63) is 65.8 Å². The SMILES string of the molecule is Nc1ccc(-c2cnc(Cl)c(NS(=O)(=O)c3ccc(F)cc3)c2)cn1. The molecule has 0 spiro atoms. The van der Waals surface area contributed by atoms with Gasteiger partial charge >= 0.3 is 0 Å². The fourth-order valence-electron chi connectivity index (χ4n) is 2.07. The lowest BCUT2D eigenvalue weighted by atomic mass is 10.1. The molecule has 0 aliphatic heterocycles. The molecule has 0 fully saturated rings. The summed E-state index contributed by atoms with van der Waals surface area (Å²) < 4.78 is 40.1. The molecule has 0 saturated heterocycles. The molecule has 2 aromatic heterocycles. The van der Waals surface area contributed by atoms with Gasteiger partial charge in [-0.15, -0.1) is 0 Å². The third kappa shape index (κ3) is 3.86. The van der Waals surface area contributed by atoms with Crippen LogP contribution in [-0.4, -0.2) is 18.4 Å². The van der Waals surface area contributed by atoms with Crippen LogP contribution in [0, 0.1) is 5.82 Å². The molecule has 3 N–H and O–H groups in total. The smallest absolute Gasteiger partial charge is 0.261 e. The van der Waals surface area contributed by atoms with Crippen LogP contribution >= 0.6 is 11.6 Å². The van der Waals surface area contributed by atoms with Gasteiger partial charge in [-0.1, -0.05) is 11.6 Å². The Balaban J connectivity index is 1.95. The second kappa shape index (κ2) is 6.66. The molecule has 1 aromatic carbocycles. The number of nitrogens with zero attached hydrogens (tertiary/aromatic N) is 2. The lowest BCUT2D eigenvalue weighted by Crippen LogP contribution is -2.13. The Morgan fingerprint density at radius 2 is 1.68 bits per heavy atom. The van der Waals surface area contributed by atoms with E-state index in [0.717, 1.165) is 24.3 Å². The molecule has 6 nitrogen and oxygen atoms in total. The van der Waals surface area contributed by atoms with Crippen molar-refractivity contribution < 1.29 is 12.8 Å². The minimum atomic E-state index is -3.93. The highest BCUT2D eigenvalue weighted by Gasteiger charge is 2.17. The van der Waals surface area contributed by atoms with E-state index in [4.69, 9.17) is 17.3 Å². The Bertz CT molecular complexity index is 1010. The average molecular weight is 379 g/mol. The van der Waals surface area contributed by atoms with E-state index >= 15 is 0 Å². The first-order valence-corrected chi connectivity index (χ1v) is 8.87. The molecule has 0 unspecified atom stereocenters. The molecule has 25 heavy (non-hydrogen) atoms. The van der Waals surface area contributed by atoms with Crippen LogP contribution in [0.3, 0.4) is 0 Å². The van der Waals surface area contributed by atoms with Gasteiger partial charge in [0, 0.05) is 23.5 Å². The minimum Gasteiger partial charge on any atom is -0.384 e. The Morgan fingerprint density at radius 3 is 2.32 bits per heavy atom. The number of halogens is 2. The van der Waals surface area contributed by atoms with Gasteiger partial charge in [0.1, 0.15) is 11.6 Å². The van der Waals surface area contributed by atoms with E-state index in [1.165, 1.54) is 12.3 Å². The maximum atomic E-state index is 13.0. The summed E-state index contributed by atoms with van der Waals surface area (Å²) in [7, 11) is -3.93. The summed E-state index contributed by atoms with van der Waals surface area (Å²) in [4.78, 5) is 7.88. The number of sulfonamides is 1. The summed E-state index contributed by atoms with van der Waals surface area (Å²) >= 11 is 5.99. The number of nitrogen functional groups attached to an aromatic ring is 1. The first-order valence-electron chi connectivity index (χ1n) is 7.01. The van der Waals surface area contributed by atoms with E-state index in [1.54, 1.807) is 18.3 Å². The quantitative estimate of drug-likeness (QED) is 0.678. The van der Waals surface area contributed by atoms with Gasteiger partial charge in [0.25, 0.3) is 10.0 Å². The number of benzene rings is 1. The van der Waals surface area contributed by atoms with Crippen LogP contribution in [0.5, 0.6) is 0 Å². The number of aromatic nitrogens is 2. The Labute approximate surface area is 148 Å². The maximum absolute atomic E-state index is 13.0. The van der Waals surface area contributed by atoms with E-state index < -0.39 is 15.8 Å². The third-order valence-electron chi connectivity index (χ3n) is 3.33. The topological polar surface area (TPSA) is 98.0 Å². The van der Waals surface area contributed by atoms with Crippen LogP contribution in [0.2, 0.25) is 5.15 Å². The van der Waals surface area contributed by atoms with Crippen molar-refractivity contribution >= 4 is 33.1 Å². The van der Waals surface area contributed by atoms with Crippen molar-refractivity contribution in [3.8, 4) is 11.1 Å². The molecule has 0 aliphatic carbocycles. The van der Waals surface area contributed by atoms with Gasteiger partial charge in [-0.05, 0) is 42.5 Å². The first kappa shape index (κ1) is 17.1. The molecule has 0 bridgehead atoms. The Hall–Kier alpha value is -2.71. The third-order valence-corrected chi connectivity index (χ3v) is 5.01. The largest absolute Gasteiger partial charge is 0.384 e. The average Bonchev–Trinajstić information content (AvgIpc) is 2.58. The minimum absolute atomic E-state index is 0.0159. The summed E-state index contributed by atoms with van der Waals surface area (Å²) in [6.07, 6.45) is 3.03. The number of anilines is 2. The molecule has 3 aromatic rings. The fourth-order valence-corrected chi connectivity index (χ4v) is 3.33. The predicted octanol–water partition coefficient (Wildman–Crippen LogP) is 3.32. The second-order valence-corrected chi connectivity index (χ2v) is 7.13. The molecule has 0 atom stereocenters. The van der Waals surface area contributed by atoms with Crippen LogP contribution in [0.25, 0.3) is 11.1 Å². The number of pyridine rings is 2. The van der Waals surface area contributed by atoms with E-state index in [-0.39, 0.29) is 15.7 Å². The van der Waals surface area contributed by atoms with Crippen LogP contribution in [0.4, 0.5) is 15.9 Å². The molecule has 0 amide bonds. The van der Waals surface area contributed by atoms with Crippen LogP contribution < -0.4 is 10.5 Å². The van der Waals surface area contributed by atoms with E-state index in [1.807, 2.05) is 0 Å². The summed E-state index contributed by atoms with van der Waals surface area (Å²) in [5.74, 6) is -0.167. The summed E-state index contributed by atoms with van der Waals surface area (Å²) in [6.45, 7) is 0. The van der Waals surface area contributed by atoms with Gasteiger partial charge in [-0.3, -0.25) is 4.72 Å². The molecular formula is C16H12ClFN4O2S. The van der Waals surface area contributed by atoms with Gasteiger partial charge in [-0.2, -0.15) is 0 Å². The molecule has 0 aliphatic rings. The number of nitrogens with two attached hydrogens (primary N) is 1. The number of hydrogen-bond donors (Lipinski definition) is 2. The molecule has 0 saturated carbocycles. The van der Waals surface area contributed by atoms with Crippen LogP contribution in [0.1, 0.15) is 0 Å². The summed E-state index contributed by atoms with van der Waals surface area (Å²) in [5, 5.41) is -0.0159. The highest BCUT2D eigenvalue weighted by atomic mass is 35.5. The molecule has 0 radical (unpaired) electrons. The van der Waals surface area contributed by atoms with Gasteiger partial charge in [0.05, 0.1) is 10.6 Å². The van der Waals surface area contributed by atoms with Gasteiger partial charge in [0.15, 0.2) is 5.15 Å². The van der Waals surface area contributed by atoms with E-state index in [2.05, 4.69) is 14.7 Å². The zero-order valence-electron chi connectivity index (χ0n) is 12.6. The van der Waals surface area contributed by atoms with Crippen molar-refractivity contribution in [1.82, 2.24) is 9.97 Å². The highest BCUT2D eigenvalue weighted by molar-refractivity contribution is 7.92. The monoisotopic (exact) mass is 378 g/mol. The van der Waals surface area contributed by atoms with Gasteiger partial charge in [0.2, 0.25) is 0 Å². The van der Waals surface area contributed by atoms with Crippen molar-refractivity contribution in [2.24, 2.45) is 0 Å². The lowest BCUT2D eigenvalue weighted by molar-refractivity contribution is 0.599. The molecule has 128 valence electrons. The Kier molecular flexibility index (Phi) is 4.56. The van der Waals surface area contributed by atoms with Crippen LogP contribution in [-0.2, 0) is 10.0 Å². The van der Waals surface area contributed by atoms with E-state index in [9.17, 15) is 12.8 Å². The highest BCUT2D eigenvalue weighted by Crippen LogP contribution is 2.28. The molecule has 3 rings (SSSR count). The zero-order chi connectivity index (χ0) is 18.0. The van der Waals surface area contributed by atoms with E-state index in [0.29, 0.717) is 16.9 Å². The number of nitrogens with one attached hydrogen (secondary N) is 1. The maximum Gasteiger partial charge on any atom is 0.261 e. The normalized spacial score (nSPS) is 11.3. The van der Waals surface area contributed by atoms with Crippen molar-refractivity contribution in [3.63, 3.8) is 0 Å². The standard InChI is InChI=1S/C16H12ClFN4O2S/c17-16-14(22-25(23,24)13-4-2-12(18)3-5-13)7-11(9-21-16)10-1-6-15(19)20-8-10/h1-9,22H,(H2,19,20).